The van der Waals surface area contributed by atoms with Crippen LogP contribution in [0.3, 0.4) is 0 Å². The van der Waals surface area contributed by atoms with Crippen LogP contribution in [0.15, 0.2) is 91.0 Å². The minimum absolute atomic E-state index is 0.0350. The molecule has 12 nitrogen and oxygen atoms in total. The number of ether oxygens (including phenoxy) is 5. The van der Waals surface area contributed by atoms with Crippen LogP contribution in [0.1, 0.15) is 64.2 Å². The van der Waals surface area contributed by atoms with Crippen molar-refractivity contribution in [1.29, 1.82) is 0 Å². The Hall–Kier alpha value is -5.27. The first-order valence-corrected chi connectivity index (χ1v) is 18.2. The van der Waals surface area contributed by atoms with Crippen LogP contribution in [0.4, 0.5) is 4.79 Å². The van der Waals surface area contributed by atoms with Crippen LogP contribution >= 0.6 is 0 Å². The summed E-state index contributed by atoms with van der Waals surface area (Å²) in [5.41, 5.74) is 6.65. The number of carbonyl (C=O) groups excluding carboxylic acids is 3. The molecule has 4 aromatic rings. The highest BCUT2D eigenvalue weighted by Gasteiger charge is 2.40. The summed E-state index contributed by atoms with van der Waals surface area (Å²) in [7, 11) is 3.30. The van der Waals surface area contributed by atoms with Crippen LogP contribution in [0.5, 0.6) is 11.5 Å². The number of nitrogens with one attached hydrogen (secondary N) is 1. The lowest BCUT2D eigenvalue weighted by Gasteiger charge is -2.39. The number of alkyl carbamates (subject to hydrolysis) is 1. The van der Waals surface area contributed by atoms with Crippen LogP contribution in [0.25, 0.3) is 0 Å². The summed E-state index contributed by atoms with van der Waals surface area (Å²) in [5, 5.41) is 12.1. The summed E-state index contributed by atoms with van der Waals surface area (Å²) in [5.74, 6) is 0.602. The van der Waals surface area contributed by atoms with Gasteiger partial charge in [-0.15, -0.1) is 0 Å². The monoisotopic (exact) mass is 735 g/mol. The molecule has 4 atom stereocenters. The third-order valence-corrected chi connectivity index (χ3v) is 10.2. The summed E-state index contributed by atoms with van der Waals surface area (Å²) < 4.78 is 29.5. The summed E-state index contributed by atoms with van der Waals surface area (Å²) in [6, 6.07) is 27.7. The average molecular weight is 736 g/mol. The van der Waals surface area contributed by atoms with E-state index in [0.29, 0.717) is 18.7 Å². The molecule has 54 heavy (non-hydrogen) atoms. The van der Waals surface area contributed by atoms with Gasteiger partial charge in [-0.1, -0.05) is 78.9 Å². The van der Waals surface area contributed by atoms with Gasteiger partial charge in [-0.05, 0) is 51.9 Å². The van der Waals surface area contributed by atoms with Crippen LogP contribution < -0.4 is 14.8 Å². The third kappa shape index (κ3) is 8.58. The van der Waals surface area contributed by atoms with Crippen molar-refractivity contribution in [3.8, 4) is 11.5 Å². The van der Waals surface area contributed by atoms with Crippen molar-refractivity contribution in [2.24, 2.45) is 0 Å². The number of fused-ring (bicyclic) bond motifs is 1. The van der Waals surface area contributed by atoms with Gasteiger partial charge in [0.05, 0.1) is 46.0 Å². The molecule has 2 saturated heterocycles. The van der Waals surface area contributed by atoms with Crippen molar-refractivity contribution in [2.45, 2.75) is 70.1 Å². The third-order valence-electron chi connectivity index (χ3n) is 10.2. The van der Waals surface area contributed by atoms with Crippen molar-refractivity contribution < 1.29 is 43.2 Å². The van der Waals surface area contributed by atoms with E-state index in [-0.39, 0.29) is 44.3 Å². The molecule has 7 rings (SSSR count). The number of aliphatic hydroxyl groups is 1. The van der Waals surface area contributed by atoms with E-state index in [9.17, 15) is 19.5 Å². The van der Waals surface area contributed by atoms with E-state index >= 15 is 0 Å². The lowest BCUT2D eigenvalue weighted by atomic mass is 9.97. The van der Waals surface area contributed by atoms with Crippen molar-refractivity contribution in [3.63, 3.8) is 0 Å². The zero-order chi connectivity index (χ0) is 37.6. The van der Waals surface area contributed by atoms with Crippen LogP contribution in [-0.2, 0) is 56.5 Å². The number of hydrogen-bond donors (Lipinski definition) is 2. The highest BCUT2D eigenvalue weighted by Crippen LogP contribution is 2.39. The molecule has 2 fully saturated rings. The number of amides is 3. The molecule has 0 bridgehead atoms. The van der Waals surface area contributed by atoms with E-state index in [1.807, 2.05) is 78.9 Å². The summed E-state index contributed by atoms with van der Waals surface area (Å²) in [6.07, 6.45) is -0.401. The summed E-state index contributed by atoms with van der Waals surface area (Å²) in [4.78, 5) is 42.0. The molecule has 0 spiro atoms. The van der Waals surface area contributed by atoms with E-state index in [1.54, 1.807) is 14.2 Å². The second-order valence-electron chi connectivity index (χ2n) is 13.8. The van der Waals surface area contributed by atoms with E-state index < -0.39 is 24.3 Å². The van der Waals surface area contributed by atoms with Gasteiger partial charge in [0.25, 0.3) is 5.91 Å². The normalized spacial score (nSPS) is 21.4. The first-order valence-electron chi connectivity index (χ1n) is 18.2. The molecule has 2 N–H and O–H groups in total. The van der Waals surface area contributed by atoms with Crippen LogP contribution in [0, 0.1) is 0 Å². The van der Waals surface area contributed by atoms with Gasteiger partial charge in [0.15, 0.2) is 17.8 Å². The zero-order valence-electron chi connectivity index (χ0n) is 30.4. The standard InChI is InChI=1S/C42H45N3O9/c1-50-37-18-32-16-17-44(23-33(32)19-38(37)51-2)24-34-20-36(30-12-10-28(25-46)11-13-30)54-41(53-34)31-14-8-27(9-15-31)22-45-39(47)21-35(40(45)48)43-42(49)52-26-29-6-4-3-5-7-29/h3-15,18-19,34-36,41,46H,16-17,20-26H2,1-2H3,(H,43,49)/t34-,35?,36+,41+/m0/s1. The van der Waals surface area contributed by atoms with Gasteiger partial charge in [-0.25, -0.2) is 4.79 Å². The van der Waals surface area contributed by atoms with E-state index in [1.165, 1.54) is 11.1 Å². The molecule has 282 valence electrons. The Bertz CT molecular complexity index is 1940. The lowest BCUT2D eigenvalue weighted by molar-refractivity contribution is -0.253. The molecule has 0 aromatic heterocycles. The van der Waals surface area contributed by atoms with Crippen LogP contribution in [0.2, 0.25) is 0 Å². The van der Waals surface area contributed by atoms with E-state index in [0.717, 1.165) is 58.0 Å². The first-order chi connectivity index (χ1) is 26.3. The van der Waals surface area contributed by atoms with Crippen molar-refractivity contribution in [2.75, 3.05) is 27.3 Å². The zero-order valence-corrected chi connectivity index (χ0v) is 30.4. The molecule has 3 aliphatic heterocycles. The van der Waals surface area contributed by atoms with E-state index in [2.05, 4.69) is 22.3 Å². The van der Waals surface area contributed by atoms with Gasteiger partial charge >= 0.3 is 6.09 Å². The molecule has 3 amide bonds. The van der Waals surface area contributed by atoms with Crippen molar-refractivity contribution in [3.05, 3.63) is 130 Å². The molecular formula is C42H45N3O9. The fourth-order valence-electron chi connectivity index (χ4n) is 7.25. The molecule has 1 unspecified atom stereocenters. The molecular weight excluding hydrogens is 690 g/mol. The summed E-state index contributed by atoms with van der Waals surface area (Å²) in [6.45, 7) is 2.42. The Morgan fingerprint density at radius 3 is 2.24 bits per heavy atom. The average Bonchev–Trinajstić information content (AvgIpc) is 3.46. The molecule has 12 heteroatoms. The van der Waals surface area contributed by atoms with Gasteiger partial charge in [-0.2, -0.15) is 0 Å². The second kappa shape index (κ2) is 16.8. The Balaban J connectivity index is 1.01. The summed E-state index contributed by atoms with van der Waals surface area (Å²) >= 11 is 0. The molecule has 0 saturated carbocycles. The van der Waals surface area contributed by atoms with Crippen molar-refractivity contribution in [1.82, 2.24) is 15.1 Å². The van der Waals surface area contributed by atoms with Crippen molar-refractivity contribution >= 4 is 17.9 Å². The molecule has 4 aromatic carbocycles. The molecule has 0 aliphatic carbocycles. The number of methoxy groups -OCH3 is 2. The predicted octanol–water partition coefficient (Wildman–Crippen LogP) is 5.35. The number of rotatable bonds is 12. The first kappa shape index (κ1) is 37.1. The number of carbonyl (C=O) groups is 3. The Kier molecular flexibility index (Phi) is 11.5. The Morgan fingerprint density at radius 2 is 1.54 bits per heavy atom. The number of aliphatic hydroxyl groups excluding tert-OH is 1. The maximum atomic E-state index is 13.1. The minimum Gasteiger partial charge on any atom is -0.493 e. The maximum Gasteiger partial charge on any atom is 0.408 e. The lowest BCUT2D eigenvalue weighted by Crippen LogP contribution is -2.41. The highest BCUT2D eigenvalue weighted by atomic mass is 16.7. The van der Waals surface area contributed by atoms with Gasteiger partial charge in [0, 0.05) is 31.6 Å². The van der Waals surface area contributed by atoms with Gasteiger partial charge in [0.2, 0.25) is 5.91 Å². The predicted molar refractivity (Wildman–Crippen MR) is 197 cm³/mol. The fourth-order valence-corrected chi connectivity index (χ4v) is 7.25. The number of nitrogens with zero attached hydrogens (tertiary/aromatic N) is 2. The maximum absolute atomic E-state index is 13.1. The van der Waals surface area contributed by atoms with Gasteiger partial charge in [0.1, 0.15) is 12.6 Å². The van der Waals surface area contributed by atoms with E-state index in [4.69, 9.17) is 23.7 Å². The van der Waals surface area contributed by atoms with Gasteiger partial charge in [-0.3, -0.25) is 19.4 Å². The Labute approximate surface area is 314 Å². The van der Waals surface area contributed by atoms with Gasteiger partial charge < -0.3 is 34.1 Å². The quantitative estimate of drug-likeness (QED) is 0.183. The fraction of sp³-hybridized carbons (Fsp3) is 0.357. The van der Waals surface area contributed by atoms with Crippen LogP contribution in [-0.4, -0.2) is 72.3 Å². The molecule has 0 radical (unpaired) electrons. The number of benzene rings is 4. The number of hydrogen-bond acceptors (Lipinski definition) is 10. The minimum atomic E-state index is -0.984. The molecule has 3 aliphatic rings. The molecule has 3 heterocycles. The number of imide groups is 1. The number of likely N-dealkylation sites (tertiary alicyclic amines) is 1. The Morgan fingerprint density at radius 1 is 0.852 bits per heavy atom. The largest absolute Gasteiger partial charge is 0.493 e. The second-order valence-corrected chi connectivity index (χ2v) is 13.8. The highest BCUT2D eigenvalue weighted by molar-refractivity contribution is 6.06. The SMILES string of the molecule is COc1cc2c(cc1OC)CN(C[C@@H]1C[C@H](c3ccc(CO)cc3)O[C@H](c3ccc(CN4C(=O)CC(NC(=O)OCc5ccccc5)C4=O)cc3)O1)CC2. The topological polar surface area (TPSA) is 136 Å². The smallest absolute Gasteiger partial charge is 0.408 e.